The predicted molar refractivity (Wildman–Crippen MR) is 83.0 cm³/mol. The molecule has 0 fully saturated rings. The van der Waals surface area contributed by atoms with E-state index in [4.69, 9.17) is 14.2 Å². The summed E-state index contributed by atoms with van der Waals surface area (Å²) in [6.07, 6.45) is -1.22. The summed E-state index contributed by atoms with van der Waals surface area (Å²) in [5, 5.41) is 2.61. The minimum Gasteiger partial charge on any atom is -0.479 e. The van der Waals surface area contributed by atoms with Crippen LogP contribution in [0.3, 0.4) is 0 Å². The highest BCUT2D eigenvalue weighted by molar-refractivity contribution is 5.84. The van der Waals surface area contributed by atoms with Gasteiger partial charge >= 0.3 is 12.1 Å². The molecule has 0 spiro atoms. The van der Waals surface area contributed by atoms with Gasteiger partial charge in [0, 0.05) is 5.69 Å². The van der Waals surface area contributed by atoms with Gasteiger partial charge in [0.05, 0.1) is 6.61 Å². The number of esters is 1. The Morgan fingerprint density at radius 3 is 2.27 bits per heavy atom. The van der Waals surface area contributed by atoms with Gasteiger partial charge in [0.25, 0.3) is 0 Å². The zero-order chi connectivity index (χ0) is 16.8. The SMILES string of the molecule is CCOC(=O)C(C)Oc1ccc(NC(=O)OC(C)(C)C)cc1. The van der Waals surface area contributed by atoms with Crippen molar-refractivity contribution in [1.29, 1.82) is 0 Å². The fourth-order valence-corrected chi connectivity index (χ4v) is 1.55. The van der Waals surface area contributed by atoms with E-state index in [0.717, 1.165) is 0 Å². The summed E-state index contributed by atoms with van der Waals surface area (Å²) in [4.78, 5) is 23.1. The number of nitrogens with one attached hydrogen (secondary N) is 1. The molecular weight excluding hydrogens is 286 g/mol. The maximum atomic E-state index is 11.6. The summed E-state index contributed by atoms with van der Waals surface area (Å²) in [5.41, 5.74) is 0.0211. The second-order valence-corrected chi connectivity index (χ2v) is 5.66. The fraction of sp³-hybridized carbons (Fsp3) is 0.500. The molecule has 0 aliphatic carbocycles. The molecule has 1 aromatic carbocycles. The molecule has 22 heavy (non-hydrogen) atoms. The lowest BCUT2D eigenvalue weighted by molar-refractivity contribution is -0.150. The number of benzene rings is 1. The Balaban J connectivity index is 2.56. The molecule has 1 rings (SSSR count). The summed E-state index contributed by atoms with van der Waals surface area (Å²) >= 11 is 0. The van der Waals surface area contributed by atoms with Gasteiger partial charge in [-0.05, 0) is 58.9 Å². The summed E-state index contributed by atoms with van der Waals surface area (Å²) in [5.74, 6) is 0.0914. The summed E-state index contributed by atoms with van der Waals surface area (Å²) in [7, 11) is 0. The molecule has 0 aliphatic heterocycles. The van der Waals surface area contributed by atoms with Crippen molar-refractivity contribution in [3.05, 3.63) is 24.3 Å². The standard InChI is InChI=1S/C16H23NO5/c1-6-20-14(18)11(2)21-13-9-7-12(8-10-13)17-15(19)22-16(3,4)5/h7-11H,6H2,1-5H3,(H,17,19). The first-order chi connectivity index (χ1) is 10.2. The average molecular weight is 309 g/mol. The van der Waals surface area contributed by atoms with Crippen molar-refractivity contribution >= 4 is 17.7 Å². The van der Waals surface area contributed by atoms with Crippen LogP contribution in [-0.4, -0.2) is 30.4 Å². The van der Waals surface area contributed by atoms with Crippen molar-refractivity contribution < 1.29 is 23.8 Å². The molecule has 0 saturated heterocycles. The third-order valence-electron chi connectivity index (χ3n) is 2.43. The van der Waals surface area contributed by atoms with Crippen LogP contribution in [0.1, 0.15) is 34.6 Å². The van der Waals surface area contributed by atoms with Crippen molar-refractivity contribution in [1.82, 2.24) is 0 Å². The lowest BCUT2D eigenvalue weighted by Gasteiger charge is -2.19. The van der Waals surface area contributed by atoms with Crippen molar-refractivity contribution in [2.75, 3.05) is 11.9 Å². The Labute approximate surface area is 130 Å². The average Bonchev–Trinajstić information content (AvgIpc) is 2.39. The number of carbonyl (C=O) groups is 2. The first-order valence-corrected chi connectivity index (χ1v) is 7.14. The minimum absolute atomic E-state index is 0.311. The molecule has 0 aliphatic rings. The van der Waals surface area contributed by atoms with Gasteiger partial charge in [0.15, 0.2) is 6.10 Å². The van der Waals surface area contributed by atoms with E-state index in [1.807, 2.05) is 0 Å². The largest absolute Gasteiger partial charge is 0.479 e. The molecular formula is C16H23NO5. The molecule has 1 N–H and O–H groups in total. The fourth-order valence-electron chi connectivity index (χ4n) is 1.55. The Morgan fingerprint density at radius 1 is 1.18 bits per heavy atom. The number of rotatable bonds is 5. The molecule has 0 bridgehead atoms. The van der Waals surface area contributed by atoms with E-state index >= 15 is 0 Å². The highest BCUT2D eigenvalue weighted by atomic mass is 16.6. The molecule has 0 saturated carbocycles. The molecule has 6 nitrogen and oxygen atoms in total. The molecule has 1 amide bonds. The molecule has 0 radical (unpaired) electrons. The van der Waals surface area contributed by atoms with Gasteiger partial charge in [-0.3, -0.25) is 5.32 Å². The quantitative estimate of drug-likeness (QED) is 0.844. The monoisotopic (exact) mass is 309 g/mol. The highest BCUT2D eigenvalue weighted by Gasteiger charge is 2.17. The molecule has 0 heterocycles. The van der Waals surface area contributed by atoms with Gasteiger partial charge in [-0.15, -0.1) is 0 Å². The van der Waals surface area contributed by atoms with Crippen LogP contribution in [0, 0.1) is 0 Å². The summed E-state index contributed by atoms with van der Waals surface area (Å²) < 4.78 is 15.5. The van der Waals surface area contributed by atoms with Crippen molar-refractivity contribution in [3.8, 4) is 5.75 Å². The first-order valence-electron chi connectivity index (χ1n) is 7.14. The number of ether oxygens (including phenoxy) is 3. The zero-order valence-electron chi connectivity index (χ0n) is 13.6. The Bertz CT molecular complexity index is 504. The van der Waals surface area contributed by atoms with E-state index in [0.29, 0.717) is 18.0 Å². The molecule has 6 heteroatoms. The summed E-state index contributed by atoms with van der Waals surface area (Å²) in [6, 6.07) is 6.64. The van der Waals surface area contributed by atoms with E-state index in [2.05, 4.69) is 5.32 Å². The molecule has 1 atom stereocenters. The predicted octanol–water partition coefficient (Wildman–Crippen LogP) is 3.36. The Hall–Kier alpha value is -2.24. The zero-order valence-corrected chi connectivity index (χ0v) is 13.6. The maximum absolute atomic E-state index is 11.6. The molecule has 122 valence electrons. The lowest BCUT2D eigenvalue weighted by Crippen LogP contribution is -2.27. The smallest absolute Gasteiger partial charge is 0.412 e. The highest BCUT2D eigenvalue weighted by Crippen LogP contribution is 2.18. The van der Waals surface area contributed by atoms with E-state index < -0.39 is 23.8 Å². The Morgan fingerprint density at radius 2 is 1.77 bits per heavy atom. The van der Waals surface area contributed by atoms with Crippen LogP contribution < -0.4 is 10.1 Å². The molecule has 1 unspecified atom stereocenters. The van der Waals surface area contributed by atoms with E-state index in [9.17, 15) is 9.59 Å². The van der Waals surface area contributed by atoms with Gasteiger partial charge in [0.1, 0.15) is 11.4 Å². The van der Waals surface area contributed by atoms with Gasteiger partial charge < -0.3 is 14.2 Å². The second kappa shape index (κ2) is 7.68. The number of hydrogen-bond acceptors (Lipinski definition) is 5. The minimum atomic E-state index is -0.690. The maximum Gasteiger partial charge on any atom is 0.412 e. The van der Waals surface area contributed by atoms with Crippen LogP contribution in [0.4, 0.5) is 10.5 Å². The number of amides is 1. The van der Waals surface area contributed by atoms with Crippen LogP contribution in [0.5, 0.6) is 5.75 Å². The normalized spacial score (nSPS) is 12.2. The van der Waals surface area contributed by atoms with E-state index in [1.54, 1.807) is 58.9 Å². The molecule has 1 aromatic rings. The summed E-state index contributed by atoms with van der Waals surface area (Å²) in [6.45, 7) is 9.04. The van der Waals surface area contributed by atoms with Gasteiger partial charge in [-0.1, -0.05) is 0 Å². The topological polar surface area (TPSA) is 73.9 Å². The lowest BCUT2D eigenvalue weighted by atomic mass is 10.2. The second-order valence-electron chi connectivity index (χ2n) is 5.66. The van der Waals surface area contributed by atoms with Crippen LogP contribution >= 0.6 is 0 Å². The van der Waals surface area contributed by atoms with E-state index in [1.165, 1.54) is 0 Å². The van der Waals surface area contributed by atoms with Crippen LogP contribution in [0.25, 0.3) is 0 Å². The van der Waals surface area contributed by atoms with Crippen LogP contribution in [0.2, 0.25) is 0 Å². The van der Waals surface area contributed by atoms with Crippen LogP contribution in [-0.2, 0) is 14.3 Å². The number of carbonyl (C=O) groups excluding carboxylic acids is 2. The van der Waals surface area contributed by atoms with Gasteiger partial charge in [0.2, 0.25) is 0 Å². The van der Waals surface area contributed by atoms with Crippen molar-refractivity contribution in [2.45, 2.75) is 46.3 Å². The Kier molecular flexibility index (Phi) is 6.22. The van der Waals surface area contributed by atoms with E-state index in [-0.39, 0.29) is 0 Å². The number of hydrogen-bond donors (Lipinski definition) is 1. The number of anilines is 1. The van der Waals surface area contributed by atoms with Gasteiger partial charge in [-0.25, -0.2) is 9.59 Å². The van der Waals surface area contributed by atoms with Crippen molar-refractivity contribution in [2.24, 2.45) is 0 Å². The molecule has 0 aromatic heterocycles. The first kappa shape index (κ1) is 17.8. The third-order valence-corrected chi connectivity index (χ3v) is 2.43. The van der Waals surface area contributed by atoms with Crippen molar-refractivity contribution in [3.63, 3.8) is 0 Å². The van der Waals surface area contributed by atoms with Crippen LogP contribution in [0.15, 0.2) is 24.3 Å². The third kappa shape index (κ3) is 6.47. The van der Waals surface area contributed by atoms with Gasteiger partial charge in [-0.2, -0.15) is 0 Å².